The molecule has 0 saturated carbocycles. The van der Waals surface area contributed by atoms with Gasteiger partial charge in [0.1, 0.15) is 12.4 Å². The third kappa shape index (κ3) is 19.6. The van der Waals surface area contributed by atoms with E-state index in [2.05, 4.69) is 52.2 Å². The molecule has 1 unspecified atom stereocenters. The molecule has 1 heterocycles. The molecule has 0 saturated heterocycles. The van der Waals surface area contributed by atoms with Crippen LogP contribution in [0.5, 0.6) is 5.75 Å². The summed E-state index contributed by atoms with van der Waals surface area (Å²) >= 11 is 0. The molecule has 0 aliphatic rings. The van der Waals surface area contributed by atoms with Crippen molar-refractivity contribution in [3.8, 4) is 17.2 Å². The van der Waals surface area contributed by atoms with E-state index in [1.807, 2.05) is 48.5 Å². The van der Waals surface area contributed by atoms with Crippen molar-refractivity contribution in [3.05, 3.63) is 24.3 Å². The first-order valence-corrected chi connectivity index (χ1v) is 21.7. The summed E-state index contributed by atoms with van der Waals surface area (Å²) in [6.45, 7) is 22.7. The lowest BCUT2D eigenvalue weighted by Crippen LogP contribution is -2.41. The minimum Gasteiger partial charge on any atom is -0.492 e. The van der Waals surface area contributed by atoms with Gasteiger partial charge in [0, 0.05) is 55.1 Å². The van der Waals surface area contributed by atoms with E-state index in [4.69, 9.17) is 18.6 Å². The maximum Gasteiger partial charge on any atom is 0.335 e. The summed E-state index contributed by atoms with van der Waals surface area (Å²) in [5, 5.41) is 18.4. The molecule has 4 amide bonds. The Kier molecular flexibility index (Phi) is 19.3. The predicted molar refractivity (Wildman–Crippen MR) is 220 cm³/mol. The Morgan fingerprint density at radius 3 is 2.00 bits per heavy atom. The van der Waals surface area contributed by atoms with Gasteiger partial charge in [-0.1, -0.05) is 74.3 Å². The van der Waals surface area contributed by atoms with Crippen molar-refractivity contribution in [2.45, 2.75) is 100 Å². The monoisotopic (exact) mass is 836 g/mol. The molecule has 0 aliphatic heterocycles. The molecule has 2 aromatic rings. The van der Waals surface area contributed by atoms with E-state index in [0.29, 0.717) is 50.6 Å². The first kappa shape index (κ1) is 50.1. The number of hydrogen-bond acceptors (Lipinski definition) is 12. The number of aromatic nitrogens is 2. The number of amides is 4. The number of benzene rings is 1. The molecule has 1 atom stereocenters. The van der Waals surface area contributed by atoms with Gasteiger partial charge in [0.05, 0.1) is 38.9 Å². The summed E-state index contributed by atoms with van der Waals surface area (Å²) in [6, 6.07) is 6.63. The van der Waals surface area contributed by atoms with Gasteiger partial charge < -0.3 is 39.9 Å². The Morgan fingerprint density at radius 1 is 0.776 bits per heavy atom. The van der Waals surface area contributed by atoms with Crippen LogP contribution in [-0.4, -0.2) is 108 Å². The molecule has 4 N–H and O–H groups in total. The number of ether oxygens (including phenoxy) is 3. The first-order valence-electron chi connectivity index (χ1n) is 19.8. The lowest BCUT2D eigenvalue weighted by Gasteiger charge is -2.31. The fraction of sp³-hybridized carbons (Fsp3) is 0.707. The van der Waals surface area contributed by atoms with Gasteiger partial charge in [-0.2, -0.15) is 0 Å². The molecule has 0 bridgehead atoms. The molecule has 2 rings (SSSR count). The minimum atomic E-state index is -3.61. The van der Waals surface area contributed by atoms with Crippen molar-refractivity contribution < 1.29 is 46.2 Å². The van der Waals surface area contributed by atoms with Crippen molar-refractivity contribution in [2.75, 3.05) is 65.5 Å². The number of nitrogens with zero attached hydrogens (tertiary/aromatic N) is 2. The zero-order chi connectivity index (χ0) is 43.8. The minimum absolute atomic E-state index is 0.00395. The molecule has 1 aromatic carbocycles. The van der Waals surface area contributed by atoms with Crippen LogP contribution in [0, 0.1) is 27.6 Å². The third-order valence-electron chi connectivity index (χ3n) is 8.89. The SMILES string of the molecule is CCC(CNC(=O)CCOCC(C)(C)CNC(=O)CC(C)(C)COCCNC(=O)C(C)(C)CC(C)(C)C)C(=O)NCCOc1ccc(-c2nnc(S(C)(=O)=O)o2)cc1. The number of carbonyl (C=O) groups excluding carboxylic acids is 4. The molecule has 0 radical (unpaired) electrons. The van der Waals surface area contributed by atoms with Crippen molar-refractivity contribution in [1.29, 1.82) is 0 Å². The van der Waals surface area contributed by atoms with Gasteiger partial charge in [0.25, 0.3) is 0 Å². The average Bonchev–Trinajstić information content (AvgIpc) is 3.62. The number of nitrogens with one attached hydrogen (secondary N) is 4. The molecule has 0 spiro atoms. The molecule has 16 nitrogen and oxygen atoms in total. The van der Waals surface area contributed by atoms with E-state index in [9.17, 15) is 27.6 Å². The normalized spacial score (nSPS) is 13.1. The lowest BCUT2D eigenvalue weighted by atomic mass is 9.76. The lowest BCUT2D eigenvalue weighted by molar-refractivity contribution is -0.131. The predicted octanol–water partition coefficient (Wildman–Crippen LogP) is 4.34. The standard InChI is InChI=1S/C41H68N6O10S/c1-12-29(34(50)42-19-22-56-31-15-13-30(14-16-31)35-46-47-37(57-35)58(11,52)53)24-44-32(48)17-20-54-28-40(7,8)26-45-33(49)23-39(5,6)27-55-21-18-43-36(51)41(9,10)25-38(2,3)4/h13-16,29H,12,17-28H2,1-11H3,(H,42,50)(H,43,51)(H,44,48)(H,45,49). The maximum atomic E-state index is 12.8. The van der Waals surface area contributed by atoms with Crippen LogP contribution < -0.4 is 26.0 Å². The summed E-state index contributed by atoms with van der Waals surface area (Å²) in [7, 11) is -3.61. The van der Waals surface area contributed by atoms with Gasteiger partial charge in [-0.3, -0.25) is 19.2 Å². The highest BCUT2D eigenvalue weighted by Crippen LogP contribution is 2.33. The fourth-order valence-corrected chi connectivity index (χ4v) is 6.51. The van der Waals surface area contributed by atoms with Crippen molar-refractivity contribution in [2.24, 2.45) is 27.6 Å². The van der Waals surface area contributed by atoms with Gasteiger partial charge in [-0.25, -0.2) is 8.42 Å². The van der Waals surface area contributed by atoms with E-state index < -0.39 is 31.8 Å². The van der Waals surface area contributed by atoms with Gasteiger partial charge in [-0.15, -0.1) is 5.10 Å². The molecule has 328 valence electrons. The summed E-state index contributed by atoms with van der Waals surface area (Å²) in [5.41, 5.74) is -0.667. The van der Waals surface area contributed by atoms with Crippen LogP contribution in [0.1, 0.15) is 94.9 Å². The Bertz CT molecular complexity index is 1730. The highest BCUT2D eigenvalue weighted by Gasteiger charge is 2.32. The average molecular weight is 837 g/mol. The maximum absolute atomic E-state index is 12.8. The zero-order valence-electron chi connectivity index (χ0n) is 36.5. The smallest absolute Gasteiger partial charge is 0.335 e. The van der Waals surface area contributed by atoms with Crippen molar-refractivity contribution in [1.82, 2.24) is 31.5 Å². The number of hydrogen-bond donors (Lipinski definition) is 4. The second-order valence-electron chi connectivity index (χ2n) is 18.2. The number of sulfone groups is 1. The van der Waals surface area contributed by atoms with Crippen LogP contribution in [0.3, 0.4) is 0 Å². The second-order valence-corrected chi connectivity index (χ2v) is 20.1. The van der Waals surface area contributed by atoms with Crippen LogP contribution >= 0.6 is 0 Å². The molecular weight excluding hydrogens is 769 g/mol. The molecule has 0 fully saturated rings. The van der Waals surface area contributed by atoms with E-state index in [-0.39, 0.29) is 79.5 Å². The zero-order valence-corrected chi connectivity index (χ0v) is 37.3. The Hall–Kier alpha value is -4.09. The van der Waals surface area contributed by atoms with E-state index >= 15 is 0 Å². The summed E-state index contributed by atoms with van der Waals surface area (Å²) in [5.74, 6) is -0.341. The highest BCUT2D eigenvalue weighted by molar-refractivity contribution is 7.90. The third-order valence-corrected chi connectivity index (χ3v) is 9.68. The van der Waals surface area contributed by atoms with Gasteiger partial charge in [0.15, 0.2) is 0 Å². The first-order chi connectivity index (χ1) is 26.8. The Balaban J connectivity index is 1.59. The molecular formula is C41H68N6O10S. The van der Waals surface area contributed by atoms with Crippen LogP contribution in [0.15, 0.2) is 33.9 Å². The fourth-order valence-electron chi connectivity index (χ4n) is 6.09. The van der Waals surface area contributed by atoms with Gasteiger partial charge >= 0.3 is 5.22 Å². The van der Waals surface area contributed by atoms with Crippen LogP contribution in [-0.2, 0) is 38.5 Å². The molecule has 17 heteroatoms. The van der Waals surface area contributed by atoms with Gasteiger partial charge in [-0.05, 0) is 47.9 Å². The topological polar surface area (TPSA) is 217 Å². The van der Waals surface area contributed by atoms with Crippen LogP contribution in [0.2, 0.25) is 0 Å². The van der Waals surface area contributed by atoms with Crippen molar-refractivity contribution in [3.63, 3.8) is 0 Å². The second kappa shape index (κ2) is 22.3. The Morgan fingerprint density at radius 2 is 1.40 bits per heavy atom. The number of rotatable bonds is 26. The summed E-state index contributed by atoms with van der Waals surface area (Å²) < 4.78 is 45.6. The molecule has 58 heavy (non-hydrogen) atoms. The summed E-state index contributed by atoms with van der Waals surface area (Å²) in [6.07, 6.45) is 2.69. The van der Waals surface area contributed by atoms with E-state index in [1.165, 1.54) is 0 Å². The van der Waals surface area contributed by atoms with Gasteiger partial charge in [0.2, 0.25) is 39.4 Å². The number of carbonyl (C=O) groups is 4. The van der Waals surface area contributed by atoms with E-state index in [0.717, 1.165) is 12.7 Å². The largest absolute Gasteiger partial charge is 0.492 e. The highest BCUT2D eigenvalue weighted by atomic mass is 32.2. The Labute approximate surface area is 345 Å². The summed E-state index contributed by atoms with van der Waals surface area (Å²) in [4.78, 5) is 50.6. The van der Waals surface area contributed by atoms with Crippen LogP contribution in [0.4, 0.5) is 0 Å². The van der Waals surface area contributed by atoms with Crippen molar-refractivity contribution >= 4 is 33.5 Å². The quantitative estimate of drug-likeness (QED) is 0.0974. The van der Waals surface area contributed by atoms with Crippen LogP contribution in [0.25, 0.3) is 11.5 Å². The molecule has 0 aliphatic carbocycles. The molecule has 1 aromatic heterocycles. The van der Waals surface area contributed by atoms with E-state index in [1.54, 1.807) is 24.3 Å².